The van der Waals surface area contributed by atoms with Crippen LogP contribution in [0.15, 0.2) is 42.5 Å². The summed E-state index contributed by atoms with van der Waals surface area (Å²) in [4.78, 5) is 12.8. The van der Waals surface area contributed by atoms with Crippen LogP contribution in [0.2, 0.25) is 0 Å². The molecule has 0 fully saturated rings. The highest BCUT2D eigenvalue weighted by Gasteiger charge is 2.19. The van der Waals surface area contributed by atoms with Crippen molar-refractivity contribution >= 4 is 5.91 Å². The summed E-state index contributed by atoms with van der Waals surface area (Å²) in [5.41, 5.74) is 1.77. The van der Waals surface area contributed by atoms with E-state index in [-0.39, 0.29) is 11.9 Å². The SMILES string of the molecule is CCOc1cc(C(=O)N[C@@H](C)CCc2ccccc2)cc(OCC)c1OCC. The van der Waals surface area contributed by atoms with Gasteiger partial charge in [-0.05, 0) is 58.2 Å². The minimum atomic E-state index is -0.148. The molecule has 28 heavy (non-hydrogen) atoms. The smallest absolute Gasteiger partial charge is 0.251 e. The van der Waals surface area contributed by atoms with Gasteiger partial charge < -0.3 is 19.5 Å². The van der Waals surface area contributed by atoms with Gasteiger partial charge in [-0.2, -0.15) is 0 Å². The summed E-state index contributed by atoms with van der Waals surface area (Å²) >= 11 is 0. The van der Waals surface area contributed by atoms with Gasteiger partial charge in [0.25, 0.3) is 5.91 Å². The van der Waals surface area contributed by atoms with Crippen molar-refractivity contribution in [1.29, 1.82) is 0 Å². The lowest BCUT2D eigenvalue weighted by Gasteiger charge is -2.18. The van der Waals surface area contributed by atoms with E-state index in [1.54, 1.807) is 12.1 Å². The van der Waals surface area contributed by atoms with Crippen LogP contribution >= 0.6 is 0 Å². The average Bonchev–Trinajstić information content (AvgIpc) is 2.69. The maximum Gasteiger partial charge on any atom is 0.251 e. The van der Waals surface area contributed by atoms with E-state index in [1.165, 1.54) is 5.56 Å². The van der Waals surface area contributed by atoms with Crippen LogP contribution in [0.3, 0.4) is 0 Å². The van der Waals surface area contributed by atoms with E-state index >= 15 is 0 Å². The fourth-order valence-corrected chi connectivity index (χ4v) is 2.93. The molecule has 5 nitrogen and oxygen atoms in total. The third-order valence-electron chi connectivity index (χ3n) is 4.26. The van der Waals surface area contributed by atoms with Gasteiger partial charge >= 0.3 is 0 Å². The Kier molecular flexibility index (Phi) is 8.66. The molecule has 2 aromatic carbocycles. The second-order valence-corrected chi connectivity index (χ2v) is 6.50. The van der Waals surface area contributed by atoms with Crippen molar-refractivity contribution < 1.29 is 19.0 Å². The largest absolute Gasteiger partial charge is 0.490 e. The van der Waals surface area contributed by atoms with Gasteiger partial charge in [-0.1, -0.05) is 30.3 Å². The third kappa shape index (κ3) is 6.19. The lowest BCUT2D eigenvalue weighted by atomic mass is 10.1. The van der Waals surface area contributed by atoms with E-state index < -0.39 is 0 Å². The van der Waals surface area contributed by atoms with Gasteiger partial charge in [0.1, 0.15) is 0 Å². The van der Waals surface area contributed by atoms with Crippen molar-refractivity contribution in [3.05, 3.63) is 53.6 Å². The van der Waals surface area contributed by atoms with Crippen molar-refractivity contribution in [3.63, 3.8) is 0 Å². The number of nitrogens with one attached hydrogen (secondary N) is 1. The van der Waals surface area contributed by atoms with Crippen LogP contribution in [0.4, 0.5) is 0 Å². The number of aryl methyl sites for hydroxylation is 1. The van der Waals surface area contributed by atoms with Gasteiger partial charge in [-0.3, -0.25) is 4.79 Å². The highest BCUT2D eigenvalue weighted by atomic mass is 16.5. The molecule has 2 rings (SSSR count). The van der Waals surface area contributed by atoms with Gasteiger partial charge in [-0.25, -0.2) is 0 Å². The summed E-state index contributed by atoms with van der Waals surface area (Å²) in [5.74, 6) is 1.44. The first-order chi connectivity index (χ1) is 13.6. The maximum absolute atomic E-state index is 12.8. The van der Waals surface area contributed by atoms with E-state index in [1.807, 2.05) is 45.9 Å². The quantitative estimate of drug-likeness (QED) is 0.612. The molecule has 0 saturated heterocycles. The molecule has 1 N–H and O–H groups in total. The lowest BCUT2D eigenvalue weighted by Crippen LogP contribution is -2.33. The molecular formula is C23H31NO4. The van der Waals surface area contributed by atoms with Crippen LogP contribution in [-0.2, 0) is 6.42 Å². The Labute approximate surface area is 168 Å². The first-order valence-electron chi connectivity index (χ1n) is 10.00. The van der Waals surface area contributed by atoms with Crippen LogP contribution in [0.25, 0.3) is 0 Å². The van der Waals surface area contributed by atoms with Crippen molar-refractivity contribution in [2.24, 2.45) is 0 Å². The summed E-state index contributed by atoms with van der Waals surface area (Å²) in [6, 6.07) is 13.8. The van der Waals surface area contributed by atoms with E-state index in [9.17, 15) is 4.79 Å². The fourth-order valence-electron chi connectivity index (χ4n) is 2.93. The van der Waals surface area contributed by atoms with Gasteiger partial charge in [0.2, 0.25) is 5.75 Å². The zero-order chi connectivity index (χ0) is 20.4. The fraction of sp³-hybridized carbons (Fsp3) is 0.435. The van der Waals surface area contributed by atoms with Gasteiger partial charge in [0, 0.05) is 11.6 Å². The number of amides is 1. The molecule has 0 aliphatic heterocycles. The summed E-state index contributed by atoms with van der Waals surface area (Å²) in [6.45, 7) is 9.16. The zero-order valence-electron chi connectivity index (χ0n) is 17.3. The van der Waals surface area contributed by atoms with Gasteiger partial charge in [0.05, 0.1) is 19.8 Å². The summed E-state index contributed by atoms with van der Waals surface area (Å²) in [6.07, 6.45) is 1.78. The molecule has 5 heteroatoms. The molecule has 152 valence electrons. The van der Waals surface area contributed by atoms with Crippen LogP contribution in [-0.4, -0.2) is 31.8 Å². The van der Waals surface area contributed by atoms with Crippen LogP contribution in [0.1, 0.15) is 50.0 Å². The summed E-state index contributed by atoms with van der Waals surface area (Å²) in [7, 11) is 0. The van der Waals surface area contributed by atoms with E-state index in [4.69, 9.17) is 14.2 Å². The maximum atomic E-state index is 12.8. The predicted octanol–water partition coefficient (Wildman–Crippen LogP) is 4.63. The monoisotopic (exact) mass is 385 g/mol. The zero-order valence-corrected chi connectivity index (χ0v) is 17.3. The third-order valence-corrected chi connectivity index (χ3v) is 4.26. The van der Waals surface area contributed by atoms with E-state index in [2.05, 4.69) is 17.4 Å². The minimum Gasteiger partial charge on any atom is -0.490 e. The second kappa shape index (κ2) is 11.2. The summed E-state index contributed by atoms with van der Waals surface area (Å²) < 4.78 is 17.1. The Morgan fingerprint density at radius 2 is 1.50 bits per heavy atom. The highest BCUT2D eigenvalue weighted by molar-refractivity contribution is 5.95. The molecule has 0 saturated carbocycles. The first kappa shape index (κ1) is 21.6. The lowest BCUT2D eigenvalue weighted by molar-refractivity contribution is 0.0937. The molecular weight excluding hydrogens is 354 g/mol. The molecule has 0 aliphatic carbocycles. The second-order valence-electron chi connectivity index (χ2n) is 6.50. The topological polar surface area (TPSA) is 56.8 Å². The van der Waals surface area contributed by atoms with Crippen LogP contribution in [0.5, 0.6) is 17.2 Å². The number of hydrogen-bond donors (Lipinski definition) is 1. The molecule has 0 unspecified atom stereocenters. The Balaban J connectivity index is 2.12. The van der Waals surface area contributed by atoms with Gasteiger partial charge in [-0.15, -0.1) is 0 Å². The molecule has 0 spiro atoms. The van der Waals surface area contributed by atoms with Crippen LogP contribution < -0.4 is 19.5 Å². The normalized spacial score (nSPS) is 11.6. The molecule has 0 bridgehead atoms. The van der Waals surface area contributed by atoms with Crippen molar-refractivity contribution in [2.45, 2.75) is 46.6 Å². The molecule has 0 aromatic heterocycles. The first-order valence-corrected chi connectivity index (χ1v) is 10.00. The number of ether oxygens (including phenoxy) is 3. The molecule has 0 heterocycles. The van der Waals surface area contributed by atoms with Crippen molar-refractivity contribution in [1.82, 2.24) is 5.32 Å². The van der Waals surface area contributed by atoms with Crippen molar-refractivity contribution in [2.75, 3.05) is 19.8 Å². The molecule has 1 amide bonds. The molecule has 0 radical (unpaired) electrons. The number of rotatable bonds is 11. The number of carbonyl (C=O) groups excluding carboxylic acids is 1. The molecule has 1 atom stereocenters. The average molecular weight is 386 g/mol. The number of hydrogen-bond acceptors (Lipinski definition) is 4. The van der Waals surface area contributed by atoms with E-state index in [0.29, 0.717) is 42.6 Å². The van der Waals surface area contributed by atoms with Crippen LogP contribution in [0, 0.1) is 0 Å². The molecule has 2 aromatic rings. The molecule has 0 aliphatic rings. The Morgan fingerprint density at radius 3 is 2.04 bits per heavy atom. The minimum absolute atomic E-state index is 0.0466. The summed E-state index contributed by atoms with van der Waals surface area (Å²) in [5, 5.41) is 3.07. The Bertz CT molecular complexity index is 719. The highest BCUT2D eigenvalue weighted by Crippen LogP contribution is 2.39. The number of carbonyl (C=O) groups is 1. The Morgan fingerprint density at radius 1 is 0.929 bits per heavy atom. The number of benzene rings is 2. The van der Waals surface area contributed by atoms with E-state index in [0.717, 1.165) is 12.8 Å². The van der Waals surface area contributed by atoms with Gasteiger partial charge in [0.15, 0.2) is 11.5 Å². The Hall–Kier alpha value is -2.69. The van der Waals surface area contributed by atoms with Crippen molar-refractivity contribution in [3.8, 4) is 17.2 Å². The standard InChI is InChI=1S/C23H31NO4/c1-5-26-20-15-19(16-21(27-6-2)22(20)28-7-3)23(25)24-17(4)13-14-18-11-9-8-10-12-18/h8-12,15-17H,5-7,13-14H2,1-4H3,(H,24,25)/t17-/m0/s1. The predicted molar refractivity (Wildman–Crippen MR) is 112 cm³/mol.